The van der Waals surface area contributed by atoms with Crippen molar-refractivity contribution in [2.75, 3.05) is 13.7 Å². The lowest BCUT2D eigenvalue weighted by Gasteiger charge is -2.33. The molecule has 2 aromatic carbocycles. The van der Waals surface area contributed by atoms with E-state index >= 15 is 0 Å². The fourth-order valence-corrected chi connectivity index (χ4v) is 2.90. The van der Waals surface area contributed by atoms with Crippen LogP contribution < -0.4 is 14.8 Å². The number of methoxy groups -OCH3 is 1. The van der Waals surface area contributed by atoms with Crippen molar-refractivity contribution in [2.45, 2.75) is 25.5 Å². The van der Waals surface area contributed by atoms with Crippen molar-refractivity contribution in [3.63, 3.8) is 0 Å². The largest absolute Gasteiger partial charge is 0.497 e. The summed E-state index contributed by atoms with van der Waals surface area (Å²) in [6.07, 6.45) is 0.983. The predicted octanol–water partition coefficient (Wildman–Crippen LogP) is 3.87. The quantitative estimate of drug-likeness (QED) is 0.924. The van der Waals surface area contributed by atoms with Gasteiger partial charge in [0.05, 0.1) is 7.11 Å². The Labute approximate surface area is 125 Å². The lowest BCUT2D eigenvalue weighted by Crippen LogP contribution is -2.28. The van der Waals surface area contributed by atoms with Crippen LogP contribution in [0.3, 0.4) is 0 Å². The molecule has 0 bridgehead atoms. The molecule has 1 N–H and O–H groups in total. The van der Waals surface area contributed by atoms with E-state index in [4.69, 9.17) is 9.47 Å². The van der Waals surface area contributed by atoms with Crippen molar-refractivity contribution in [1.82, 2.24) is 5.32 Å². The lowest BCUT2D eigenvalue weighted by atomic mass is 9.93. The van der Waals surface area contributed by atoms with E-state index in [1.54, 1.807) is 7.11 Å². The molecule has 110 valence electrons. The third-order valence-electron chi connectivity index (χ3n) is 3.93. The number of fused-ring (bicyclic) bond motifs is 1. The third kappa shape index (κ3) is 2.88. The summed E-state index contributed by atoms with van der Waals surface area (Å²) in [5, 5.41) is 3.56. The smallest absolute Gasteiger partial charge is 0.126 e. The van der Waals surface area contributed by atoms with Crippen LogP contribution in [0.25, 0.3) is 0 Å². The van der Waals surface area contributed by atoms with Gasteiger partial charge in [0.2, 0.25) is 0 Å². The highest BCUT2D eigenvalue weighted by Crippen LogP contribution is 2.41. The zero-order valence-electron chi connectivity index (χ0n) is 12.5. The van der Waals surface area contributed by atoms with Crippen LogP contribution in [0.1, 0.15) is 36.6 Å². The van der Waals surface area contributed by atoms with E-state index in [9.17, 15) is 0 Å². The Hall–Kier alpha value is -2.00. The van der Waals surface area contributed by atoms with E-state index in [0.717, 1.165) is 30.0 Å². The van der Waals surface area contributed by atoms with Crippen LogP contribution in [0.2, 0.25) is 0 Å². The molecule has 3 nitrogen and oxygen atoms in total. The minimum Gasteiger partial charge on any atom is -0.497 e. The van der Waals surface area contributed by atoms with E-state index in [1.807, 2.05) is 24.3 Å². The molecular weight excluding hydrogens is 262 g/mol. The van der Waals surface area contributed by atoms with Gasteiger partial charge in [-0.1, -0.05) is 37.3 Å². The van der Waals surface area contributed by atoms with Gasteiger partial charge in [0, 0.05) is 18.0 Å². The number of hydrogen-bond acceptors (Lipinski definition) is 3. The van der Waals surface area contributed by atoms with Gasteiger partial charge in [0.1, 0.15) is 17.6 Å². The molecular formula is C18H21NO2. The van der Waals surface area contributed by atoms with Gasteiger partial charge in [-0.25, -0.2) is 0 Å². The lowest BCUT2D eigenvalue weighted by molar-refractivity contribution is 0.152. The van der Waals surface area contributed by atoms with Crippen LogP contribution in [0.15, 0.2) is 48.5 Å². The van der Waals surface area contributed by atoms with Gasteiger partial charge in [-0.15, -0.1) is 0 Å². The first-order chi connectivity index (χ1) is 10.3. The van der Waals surface area contributed by atoms with Crippen LogP contribution in [-0.4, -0.2) is 13.7 Å². The molecule has 3 heteroatoms. The van der Waals surface area contributed by atoms with E-state index < -0.39 is 0 Å². The van der Waals surface area contributed by atoms with Gasteiger partial charge >= 0.3 is 0 Å². The zero-order chi connectivity index (χ0) is 14.7. The molecule has 2 atom stereocenters. The molecule has 1 aliphatic rings. The molecule has 0 fully saturated rings. The van der Waals surface area contributed by atoms with Gasteiger partial charge in [0.25, 0.3) is 0 Å². The van der Waals surface area contributed by atoms with Gasteiger partial charge in [0.15, 0.2) is 0 Å². The van der Waals surface area contributed by atoms with Gasteiger partial charge in [-0.3, -0.25) is 0 Å². The first-order valence-corrected chi connectivity index (χ1v) is 7.44. The SMILES string of the molecule is CCNC1CC(c2cccc(OC)c2)Oc2ccccc21. The summed E-state index contributed by atoms with van der Waals surface area (Å²) in [6, 6.07) is 16.7. The maximum absolute atomic E-state index is 6.20. The fourth-order valence-electron chi connectivity index (χ4n) is 2.90. The fraction of sp³-hybridized carbons (Fsp3) is 0.333. The summed E-state index contributed by atoms with van der Waals surface area (Å²) in [7, 11) is 1.69. The zero-order valence-corrected chi connectivity index (χ0v) is 12.5. The summed E-state index contributed by atoms with van der Waals surface area (Å²) in [4.78, 5) is 0. The van der Waals surface area contributed by atoms with E-state index in [-0.39, 0.29) is 6.10 Å². The van der Waals surface area contributed by atoms with Crippen molar-refractivity contribution in [1.29, 1.82) is 0 Å². The number of para-hydroxylation sites is 1. The molecule has 0 radical (unpaired) electrons. The third-order valence-corrected chi connectivity index (χ3v) is 3.93. The Balaban J connectivity index is 1.91. The number of ether oxygens (including phenoxy) is 2. The number of benzene rings is 2. The summed E-state index contributed by atoms with van der Waals surface area (Å²) < 4.78 is 11.5. The van der Waals surface area contributed by atoms with Crippen LogP contribution >= 0.6 is 0 Å². The van der Waals surface area contributed by atoms with Crippen molar-refractivity contribution >= 4 is 0 Å². The highest BCUT2D eigenvalue weighted by Gasteiger charge is 2.28. The summed E-state index contributed by atoms with van der Waals surface area (Å²) in [5.74, 6) is 1.84. The molecule has 0 aromatic heterocycles. The molecule has 3 rings (SSSR count). The van der Waals surface area contributed by atoms with Crippen molar-refractivity contribution in [3.8, 4) is 11.5 Å². The minimum absolute atomic E-state index is 0.0547. The molecule has 0 saturated heterocycles. The first kappa shape index (κ1) is 14.0. The summed E-state index contributed by atoms with van der Waals surface area (Å²) in [6.45, 7) is 3.09. The van der Waals surface area contributed by atoms with Crippen LogP contribution in [0.5, 0.6) is 11.5 Å². The van der Waals surface area contributed by atoms with Gasteiger partial charge in [-0.2, -0.15) is 0 Å². The van der Waals surface area contributed by atoms with Crippen LogP contribution in [0.4, 0.5) is 0 Å². The molecule has 21 heavy (non-hydrogen) atoms. The Morgan fingerprint density at radius 1 is 1.19 bits per heavy atom. The normalized spacial score (nSPS) is 20.5. The average Bonchev–Trinajstić information content (AvgIpc) is 2.55. The standard InChI is InChI=1S/C18H21NO2/c1-3-19-16-12-18(13-7-6-8-14(11-13)20-2)21-17-10-5-4-9-15(16)17/h4-11,16,18-19H,3,12H2,1-2H3. The number of hydrogen-bond donors (Lipinski definition) is 1. The van der Waals surface area contributed by atoms with Crippen molar-refractivity contribution in [2.24, 2.45) is 0 Å². The maximum atomic E-state index is 6.20. The second-order valence-corrected chi connectivity index (χ2v) is 5.27. The van der Waals surface area contributed by atoms with Crippen molar-refractivity contribution < 1.29 is 9.47 Å². The Morgan fingerprint density at radius 2 is 2.05 bits per heavy atom. The van der Waals surface area contributed by atoms with E-state index in [2.05, 4.69) is 36.5 Å². The molecule has 2 aromatic rings. The van der Waals surface area contributed by atoms with Gasteiger partial charge in [-0.05, 0) is 30.3 Å². The molecule has 0 aliphatic carbocycles. The van der Waals surface area contributed by atoms with E-state index in [1.165, 1.54) is 5.56 Å². The Bertz CT molecular complexity index is 612. The highest BCUT2D eigenvalue weighted by atomic mass is 16.5. The number of nitrogens with one attached hydrogen (secondary N) is 1. The second kappa shape index (κ2) is 6.19. The Kier molecular flexibility index (Phi) is 4.11. The topological polar surface area (TPSA) is 30.5 Å². The molecule has 0 saturated carbocycles. The predicted molar refractivity (Wildman–Crippen MR) is 83.8 cm³/mol. The number of rotatable bonds is 4. The Morgan fingerprint density at radius 3 is 2.86 bits per heavy atom. The molecule has 0 spiro atoms. The average molecular weight is 283 g/mol. The van der Waals surface area contributed by atoms with Crippen LogP contribution in [-0.2, 0) is 0 Å². The minimum atomic E-state index is 0.0547. The monoisotopic (exact) mass is 283 g/mol. The maximum Gasteiger partial charge on any atom is 0.126 e. The first-order valence-electron chi connectivity index (χ1n) is 7.44. The van der Waals surface area contributed by atoms with Crippen molar-refractivity contribution in [3.05, 3.63) is 59.7 Å². The molecule has 2 unspecified atom stereocenters. The summed E-state index contributed by atoms with van der Waals surface area (Å²) >= 11 is 0. The summed E-state index contributed by atoms with van der Waals surface area (Å²) in [5.41, 5.74) is 2.41. The van der Waals surface area contributed by atoms with Crippen LogP contribution in [0, 0.1) is 0 Å². The highest BCUT2D eigenvalue weighted by molar-refractivity contribution is 5.40. The molecule has 1 aliphatic heterocycles. The van der Waals surface area contributed by atoms with Gasteiger partial charge < -0.3 is 14.8 Å². The second-order valence-electron chi connectivity index (χ2n) is 5.27. The molecule has 1 heterocycles. The molecule has 0 amide bonds. The van der Waals surface area contributed by atoms with E-state index in [0.29, 0.717) is 6.04 Å².